The number of carboxylic acid groups (broad SMARTS) is 1. The Hall–Kier alpha value is -0.610. The van der Waals surface area contributed by atoms with Gasteiger partial charge in [0.2, 0.25) is 0 Å². The fourth-order valence-electron chi connectivity index (χ4n) is 10.3. The first-order chi connectivity index (χ1) is 16.6. The van der Waals surface area contributed by atoms with E-state index in [0.29, 0.717) is 47.0 Å². The van der Waals surface area contributed by atoms with Crippen molar-refractivity contribution in [2.24, 2.45) is 46.3 Å². The highest BCUT2D eigenvalue weighted by molar-refractivity contribution is 5.76. The Morgan fingerprint density at radius 3 is 2.17 bits per heavy atom. The third kappa shape index (κ3) is 4.21. The lowest BCUT2D eigenvalue weighted by atomic mass is 9.45. The number of aliphatic hydroxyl groups excluding tert-OH is 1. The van der Waals surface area contributed by atoms with Crippen molar-refractivity contribution in [2.75, 3.05) is 6.54 Å². The maximum absolute atomic E-state index is 12.6. The van der Waals surface area contributed by atoms with Crippen molar-refractivity contribution >= 4 is 5.97 Å². The molecule has 4 nitrogen and oxygen atoms in total. The summed E-state index contributed by atoms with van der Waals surface area (Å²) in [7, 11) is 0. The number of fused-ring (bicyclic) bond motifs is 7. The third-order valence-electron chi connectivity index (χ3n) is 11.9. The molecule has 4 heteroatoms. The van der Waals surface area contributed by atoms with Crippen LogP contribution in [-0.4, -0.2) is 45.3 Å². The molecule has 0 aromatic carbocycles. The number of hydrogen-bond donors (Lipinski definition) is 2. The molecule has 2 saturated heterocycles. The number of carboxylic acids is 1. The molecule has 3 saturated carbocycles. The van der Waals surface area contributed by atoms with Gasteiger partial charge in [-0.05, 0) is 106 Å². The van der Waals surface area contributed by atoms with Crippen LogP contribution in [0, 0.1) is 46.3 Å². The minimum Gasteiger partial charge on any atom is -0.481 e. The van der Waals surface area contributed by atoms with E-state index in [4.69, 9.17) is 0 Å². The zero-order valence-electron chi connectivity index (χ0n) is 24.4. The molecule has 5 rings (SSSR count). The van der Waals surface area contributed by atoms with Gasteiger partial charge in [0, 0.05) is 18.1 Å². The van der Waals surface area contributed by atoms with Crippen LogP contribution in [0.3, 0.4) is 0 Å². The number of carbonyl (C=O) groups is 1. The van der Waals surface area contributed by atoms with E-state index in [9.17, 15) is 15.0 Å². The fourth-order valence-corrected chi connectivity index (χ4v) is 10.3. The van der Waals surface area contributed by atoms with E-state index in [0.717, 1.165) is 38.6 Å². The Balaban J connectivity index is 0.000000815. The topological polar surface area (TPSA) is 60.8 Å². The number of hydrogen-bond acceptors (Lipinski definition) is 3. The standard InChI is InChI=1S/C27H45NO3.2C2H6/c1-16(2)18-8-13-27(24(30)31)14-15-28-20(23(18)27)6-7-22-25(4)11-10-21(29)17(3)19(25)9-12-26(22,28)5;2*1-2/h16-23,29H,6-15H2,1-5H3,(H,30,31);2*1-2H3. The van der Waals surface area contributed by atoms with Crippen molar-refractivity contribution in [3.63, 3.8) is 0 Å². The van der Waals surface area contributed by atoms with Crippen LogP contribution in [0.15, 0.2) is 0 Å². The smallest absolute Gasteiger partial charge is 0.310 e. The average molecular weight is 492 g/mol. The second-order valence-corrected chi connectivity index (χ2v) is 13.0. The summed E-state index contributed by atoms with van der Waals surface area (Å²) in [6, 6.07) is 0.438. The molecule has 0 amide bonds. The van der Waals surface area contributed by atoms with Crippen molar-refractivity contribution in [1.29, 1.82) is 0 Å². The van der Waals surface area contributed by atoms with Gasteiger partial charge in [0.15, 0.2) is 0 Å². The molecule has 2 N–H and O–H groups in total. The van der Waals surface area contributed by atoms with Gasteiger partial charge in [-0.25, -0.2) is 0 Å². The molecule has 0 aromatic rings. The van der Waals surface area contributed by atoms with Gasteiger partial charge in [-0.3, -0.25) is 9.69 Å². The first-order valence-corrected chi connectivity index (χ1v) is 15.2. The summed E-state index contributed by atoms with van der Waals surface area (Å²) in [4.78, 5) is 15.5. The molecule has 0 spiro atoms. The van der Waals surface area contributed by atoms with Gasteiger partial charge >= 0.3 is 5.97 Å². The van der Waals surface area contributed by atoms with Crippen LogP contribution in [0.25, 0.3) is 0 Å². The number of nitrogens with zero attached hydrogens (tertiary/aromatic N) is 1. The molecule has 2 aliphatic heterocycles. The quantitative estimate of drug-likeness (QED) is 0.427. The molecule has 5 fully saturated rings. The fraction of sp³-hybridized carbons (Fsp3) is 0.968. The van der Waals surface area contributed by atoms with E-state index in [1.54, 1.807) is 0 Å². The second-order valence-electron chi connectivity index (χ2n) is 13.0. The molecule has 0 radical (unpaired) electrons. The molecular formula is C31H57NO3. The van der Waals surface area contributed by atoms with Crippen molar-refractivity contribution in [3.05, 3.63) is 0 Å². The predicted octanol–water partition coefficient (Wildman–Crippen LogP) is 7.24. The maximum atomic E-state index is 12.6. The monoisotopic (exact) mass is 491 g/mol. The van der Waals surface area contributed by atoms with E-state index in [1.807, 2.05) is 27.7 Å². The molecule has 10 unspecified atom stereocenters. The van der Waals surface area contributed by atoms with Gasteiger partial charge in [0.1, 0.15) is 0 Å². The number of piperidine rings is 2. The Kier molecular flexibility index (Phi) is 8.80. The Labute approximate surface area is 216 Å². The van der Waals surface area contributed by atoms with Crippen molar-refractivity contribution in [3.8, 4) is 0 Å². The molecule has 0 bridgehead atoms. The third-order valence-corrected chi connectivity index (χ3v) is 11.9. The van der Waals surface area contributed by atoms with Crippen LogP contribution in [0.4, 0.5) is 0 Å². The molecule has 0 aromatic heterocycles. The summed E-state index contributed by atoms with van der Waals surface area (Å²) in [5.41, 5.74) is 0.0138. The molecular weight excluding hydrogens is 434 g/mol. The largest absolute Gasteiger partial charge is 0.481 e. The van der Waals surface area contributed by atoms with Crippen LogP contribution in [0.1, 0.15) is 120 Å². The second kappa shape index (κ2) is 10.6. The Morgan fingerprint density at radius 2 is 1.57 bits per heavy atom. The van der Waals surface area contributed by atoms with Gasteiger partial charge < -0.3 is 10.2 Å². The van der Waals surface area contributed by atoms with E-state index in [2.05, 4.69) is 39.5 Å². The minimum atomic E-state index is -0.515. The SMILES string of the molecule is CC.CC.CC(C)C1CCC2(C(=O)O)CCN3C(CCC4C5(C)CCC(O)C(C)C5CCC43C)C12. The summed E-state index contributed by atoms with van der Waals surface area (Å²) < 4.78 is 0. The van der Waals surface area contributed by atoms with Gasteiger partial charge in [0.25, 0.3) is 0 Å². The van der Waals surface area contributed by atoms with Crippen LogP contribution in [-0.2, 0) is 4.79 Å². The van der Waals surface area contributed by atoms with E-state index >= 15 is 0 Å². The predicted molar refractivity (Wildman–Crippen MR) is 145 cm³/mol. The number of rotatable bonds is 2. The van der Waals surface area contributed by atoms with E-state index in [1.165, 1.54) is 25.7 Å². The molecule has 204 valence electrons. The van der Waals surface area contributed by atoms with Crippen LogP contribution >= 0.6 is 0 Å². The number of aliphatic hydroxyl groups is 1. The van der Waals surface area contributed by atoms with Gasteiger partial charge in [0.05, 0.1) is 11.5 Å². The molecule has 35 heavy (non-hydrogen) atoms. The lowest BCUT2D eigenvalue weighted by Gasteiger charge is -2.69. The lowest BCUT2D eigenvalue weighted by Crippen LogP contribution is -2.72. The zero-order valence-corrected chi connectivity index (χ0v) is 24.4. The average Bonchev–Trinajstić information content (AvgIpc) is 3.26. The number of aliphatic carboxylic acids is 1. The molecule has 3 aliphatic carbocycles. The van der Waals surface area contributed by atoms with E-state index in [-0.39, 0.29) is 11.6 Å². The normalized spacial score (nSPS) is 48.7. The van der Waals surface area contributed by atoms with Crippen LogP contribution in [0.5, 0.6) is 0 Å². The van der Waals surface area contributed by atoms with Crippen molar-refractivity contribution in [1.82, 2.24) is 4.90 Å². The Bertz CT molecular complexity index is 739. The van der Waals surface area contributed by atoms with Gasteiger partial charge in [-0.1, -0.05) is 55.4 Å². The molecule has 2 heterocycles. The lowest BCUT2D eigenvalue weighted by molar-refractivity contribution is -0.205. The van der Waals surface area contributed by atoms with Crippen molar-refractivity contribution < 1.29 is 15.0 Å². The minimum absolute atomic E-state index is 0.129. The summed E-state index contributed by atoms with van der Waals surface area (Å²) in [5, 5.41) is 21.0. The summed E-state index contributed by atoms with van der Waals surface area (Å²) in [6.45, 7) is 21.0. The van der Waals surface area contributed by atoms with Gasteiger partial charge in [-0.2, -0.15) is 0 Å². The Morgan fingerprint density at radius 1 is 0.914 bits per heavy atom. The maximum Gasteiger partial charge on any atom is 0.310 e. The first-order valence-electron chi connectivity index (χ1n) is 15.2. The van der Waals surface area contributed by atoms with Crippen molar-refractivity contribution in [2.45, 2.75) is 138 Å². The van der Waals surface area contributed by atoms with Gasteiger partial charge in [-0.15, -0.1) is 0 Å². The molecule has 10 atom stereocenters. The summed E-state index contributed by atoms with van der Waals surface area (Å²) in [6.07, 6.45) is 9.62. The highest BCUT2D eigenvalue weighted by Gasteiger charge is 2.66. The summed E-state index contributed by atoms with van der Waals surface area (Å²) in [5.74, 6) is 2.60. The van der Waals surface area contributed by atoms with E-state index < -0.39 is 11.4 Å². The highest BCUT2D eigenvalue weighted by Crippen LogP contribution is 2.66. The zero-order chi connectivity index (χ0) is 26.3. The first kappa shape index (κ1) is 29.0. The van der Waals surface area contributed by atoms with Crippen LogP contribution < -0.4 is 0 Å². The molecule has 5 aliphatic rings. The highest BCUT2D eigenvalue weighted by atomic mass is 16.4. The summed E-state index contributed by atoms with van der Waals surface area (Å²) >= 11 is 0. The van der Waals surface area contributed by atoms with Crippen LogP contribution in [0.2, 0.25) is 0 Å².